The van der Waals surface area contributed by atoms with Gasteiger partial charge in [0.15, 0.2) is 0 Å². The van der Waals surface area contributed by atoms with E-state index in [1.807, 2.05) is 25.2 Å². The van der Waals surface area contributed by atoms with Gasteiger partial charge in [-0.05, 0) is 59.4 Å². The van der Waals surface area contributed by atoms with Crippen LogP contribution in [0.3, 0.4) is 0 Å². The molecule has 4 nitrogen and oxygen atoms in total. The molecule has 1 aliphatic rings. The van der Waals surface area contributed by atoms with Crippen LogP contribution < -0.4 is 5.32 Å². The van der Waals surface area contributed by atoms with Gasteiger partial charge in [0.2, 0.25) is 0 Å². The average Bonchev–Trinajstić information content (AvgIpc) is 2.64. The summed E-state index contributed by atoms with van der Waals surface area (Å²) in [6.07, 6.45) is 3.78. The zero-order valence-corrected chi connectivity index (χ0v) is 13.8. The molecule has 21 heavy (non-hydrogen) atoms. The van der Waals surface area contributed by atoms with Crippen molar-refractivity contribution in [3.8, 4) is 0 Å². The molecule has 0 aliphatic carbocycles. The van der Waals surface area contributed by atoms with E-state index >= 15 is 0 Å². The highest BCUT2D eigenvalue weighted by atomic mass is 16.7. The Morgan fingerprint density at radius 1 is 1.24 bits per heavy atom. The van der Waals surface area contributed by atoms with E-state index in [1.165, 1.54) is 0 Å². The predicted molar refractivity (Wildman–Crippen MR) is 86.8 cm³/mol. The second kappa shape index (κ2) is 5.91. The summed E-state index contributed by atoms with van der Waals surface area (Å²) >= 11 is 0. The maximum Gasteiger partial charge on any atom is 0.487 e. The van der Waals surface area contributed by atoms with E-state index in [0.29, 0.717) is 0 Å². The molecule has 2 rings (SSSR count). The Kier molecular flexibility index (Phi) is 4.56. The van der Waals surface area contributed by atoms with Crippen LogP contribution in [0.5, 0.6) is 0 Å². The maximum atomic E-state index is 5.96. The summed E-state index contributed by atoms with van der Waals surface area (Å²) in [5.41, 5.74) is 1.47. The van der Waals surface area contributed by atoms with E-state index in [0.717, 1.165) is 11.3 Å². The summed E-state index contributed by atoms with van der Waals surface area (Å²) in [4.78, 5) is 4.44. The quantitative estimate of drug-likeness (QED) is 0.865. The minimum Gasteiger partial charge on any atom is -0.400 e. The lowest BCUT2D eigenvalue weighted by Crippen LogP contribution is -2.41. The molecule has 1 aliphatic heterocycles. The van der Waals surface area contributed by atoms with Gasteiger partial charge in [-0.15, -0.1) is 0 Å². The van der Waals surface area contributed by atoms with E-state index in [-0.39, 0.29) is 24.4 Å². The number of nitrogens with one attached hydrogen (secondary N) is 1. The smallest absolute Gasteiger partial charge is 0.400 e. The molecular weight excluding hydrogens is 263 g/mol. The van der Waals surface area contributed by atoms with Gasteiger partial charge in [-0.3, -0.25) is 4.98 Å². The van der Waals surface area contributed by atoms with Gasteiger partial charge >= 0.3 is 7.12 Å². The standard InChI is InChI=1S/C16H25BN2O2/c1-12(18-6)13-8-7-11-19-14(13)9-10-17-20-15(2,3)16(4,5)21-17/h7-12,18H,1-6H3/b10-9+/t12-/m1/s1. The highest BCUT2D eigenvalue weighted by Crippen LogP contribution is 2.37. The number of aromatic nitrogens is 1. The van der Waals surface area contributed by atoms with Crippen LogP contribution in [0.1, 0.15) is 51.9 Å². The summed E-state index contributed by atoms with van der Waals surface area (Å²) in [6.45, 7) is 10.3. The van der Waals surface area contributed by atoms with E-state index in [1.54, 1.807) is 6.20 Å². The topological polar surface area (TPSA) is 43.4 Å². The Hall–Kier alpha value is -1.17. The second-order valence-electron chi connectivity index (χ2n) is 6.47. The van der Waals surface area contributed by atoms with Crippen molar-refractivity contribution in [2.24, 2.45) is 0 Å². The molecule has 1 atom stereocenters. The molecule has 5 heteroatoms. The molecule has 0 radical (unpaired) electrons. The van der Waals surface area contributed by atoms with Crippen LogP contribution in [-0.2, 0) is 9.31 Å². The highest BCUT2D eigenvalue weighted by Gasteiger charge is 2.50. The van der Waals surface area contributed by atoms with Crippen LogP contribution in [0.2, 0.25) is 0 Å². The Bertz CT molecular complexity index is 513. The summed E-state index contributed by atoms with van der Waals surface area (Å²) in [6, 6.07) is 4.28. The van der Waals surface area contributed by atoms with Crippen molar-refractivity contribution in [3.63, 3.8) is 0 Å². The minimum absolute atomic E-state index is 0.247. The molecule has 1 aromatic rings. The SMILES string of the molecule is CN[C@H](C)c1cccnc1/C=C/B1OC(C)(C)C(C)(C)O1. The summed E-state index contributed by atoms with van der Waals surface area (Å²) < 4.78 is 11.9. The molecule has 0 saturated carbocycles. The lowest BCUT2D eigenvalue weighted by molar-refractivity contribution is 0.00578. The Labute approximate surface area is 128 Å². The fourth-order valence-corrected chi connectivity index (χ4v) is 2.23. The maximum absolute atomic E-state index is 5.96. The Morgan fingerprint density at radius 3 is 2.43 bits per heavy atom. The molecule has 0 unspecified atom stereocenters. The van der Waals surface area contributed by atoms with Gasteiger partial charge in [-0.2, -0.15) is 0 Å². The molecule has 1 saturated heterocycles. The van der Waals surface area contributed by atoms with E-state index in [2.05, 4.69) is 51.0 Å². The number of hydrogen-bond donors (Lipinski definition) is 1. The van der Waals surface area contributed by atoms with Crippen molar-refractivity contribution in [3.05, 3.63) is 35.6 Å². The molecular formula is C16H25BN2O2. The summed E-state index contributed by atoms with van der Waals surface area (Å²) in [7, 11) is 1.61. The first-order chi connectivity index (χ1) is 9.77. The fourth-order valence-electron chi connectivity index (χ4n) is 2.23. The van der Waals surface area contributed by atoms with E-state index in [4.69, 9.17) is 9.31 Å². The summed E-state index contributed by atoms with van der Waals surface area (Å²) in [5, 5.41) is 3.24. The number of rotatable bonds is 4. The lowest BCUT2D eigenvalue weighted by atomic mass is 9.89. The number of nitrogens with zero attached hydrogens (tertiary/aromatic N) is 1. The van der Waals surface area contributed by atoms with E-state index in [9.17, 15) is 0 Å². The van der Waals surface area contributed by atoms with Crippen molar-refractivity contribution in [1.82, 2.24) is 10.3 Å². The lowest BCUT2D eigenvalue weighted by Gasteiger charge is -2.32. The third kappa shape index (κ3) is 3.36. The molecule has 1 N–H and O–H groups in total. The van der Waals surface area contributed by atoms with Gasteiger partial charge in [0, 0.05) is 12.2 Å². The molecule has 0 spiro atoms. The van der Waals surface area contributed by atoms with Crippen molar-refractivity contribution in [2.45, 2.75) is 51.9 Å². The van der Waals surface area contributed by atoms with Crippen LogP contribution in [0.4, 0.5) is 0 Å². The van der Waals surface area contributed by atoms with Crippen LogP contribution >= 0.6 is 0 Å². The molecule has 1 fully saturated rings. The highest BCUT2D eigenvalue weighted by molar-refractivity contribution is 6.52. The molecule has 1 aromatic heterocycles. The van der Waals surface area contributed by atoms with Gasteiger partial charge in [0.1, 0.15) is 0 Å². The van der Waals surface area contributed by atoms with Gasteiger partial charge in [-0.1, -0.05) is 12.0 Å². The first-order valence-corrected chi connectivity index (χ1v) is 7.43. The van der Waals surface area contributed by atoms with Gasteiger partial charge < -0.3 is 14.6 Å². The van der Waals surface area contributed by atoms with Crippen LogP contribution in [0.15, 0.2) is 24.3 Å². The van der Waals surface area contributed by atoms with Gasteiger partial charge in [-0.25, -0.2) is 0 Å². The summed E-state index contributed by atoms with van der Waals surface area (Å²) in [5.74, 6) is 1.94. The second-order valence-corrected chi connectivity index (χ2v) is 6.47. The molecule has 2 heterocycles. The first kappa shape index (κ1) is 16.2. The van der Waals surface area contributed by atoms with Crippen molar-refractivity contribution in [2.75, 3.05) is 7.05 Å². The van der Waals surface area contributed by atoms with Gasteiger partial charge in [0.25, 0.3) is 0 Å². The van der Waals surface area contributed by atoms with E-state index < -0.39 is 0 Å². The van der Waals surface area contributed by atoms with Crippen LogP contribution in [0, 0.1) is 0 Å². The number of pyridine rings is 1. The number of hydrogen-bond acceptors (Lipinski definition) is 4. The zero-order chi connectivity index (χ0) is 15.7. The fraction of sp³-hybridized carbons (Fsp3) is 0.562. The average molecular weight is 288 g/mol. The minimum atomic E-state index is -0.338. The molecule has 0 aromatic carbocycles. The first-order valence-electron chi connectivity index (χ1n) is 7.43. The van der Waals surface area contributed by atoms with Gasteiger partial charge in [0.05, 0.1) is 16.9 Å². The van der Waals surface area contributed by atoms with Crippen LogP contribution in [-0.4, -0.2) is 30.4 Å². The third-order valence-corrected chi connectivity index (χ3v) is 4.45. The molecule has 114 valence electrons. The largest absolute Gasteiger partial charge is 0.487 e. The Morgan fingerprint density at radius 2 is 1.86 bits per heavy atom. The molecule has 0 amide bonds. The van der Waals surface area contributed by atoms with Crippen molar-refractivity contribution in [1.29, 1.82) is 0 Å². The molecule has 0 bridgehead atoms. The normalized spacial score (nSPS) is 21.9. The Balaban J connectivity index is 2.17. The zero-order valence-electron chi connectivity index (χ0n) is 13.8. The van der Waals surface area contributed by atoms with Crippen LogP contribution in [0.25, 0.3) is 6.08 Å². The predicted octanol–water partition coefficient (Wildman–Crippen LogP) is 3.01. The van der Waals surface area contributed by atoms with Crippen molar-refractivity contribution >= 4 is 13.2 Å². The third-order valence-electron chi connectivity index (χ3n) is 4.45. The van der Waals surface area contributed by atoms with Crippen molar-refractivity contribution < 1.29 is 9.31 Å². The monoisotopic (exact) mass is 288 g/mol.